The molecule has 0 spiro atoms. The Morgan fingerprint density at radius 3 is 2.53 bits per heavy atom. The van der Waals surface area contributed by atoms with E-state index in [9.17, 15) is 4.79 Å². The van der Waals surface area contributed by atoms with Crippen molar-refractivity contribution in [1.82, 2.24) is 0 Å². The lowest BCUT2D eigenvalue weighted by Gasteiger charge is -2.08. The van der Waals surface area contributed by atoms with Crippen LogP contribution >= 0.6 is 11.8 Å². The van der Waals surface area contributed by atoms with Crippen molar-refractivity contribution in [1.29, 1.82) is 0 Å². The van der Waals surface area contributed by atoms with Crippen LogP contribution in [0.25, 0.3) is 0 Å². The van der Waals surface area contributed by atoms with Gasteiger partial charge in [-0.3, -0.25) is 4.79 Å². The summed E-state index contributed by atoms with van der Waals surface area (Å²) < 4.78 is 5.58. The molecule has 0 aliphatic heterocycles. The lowest BCUT2D eigenvalue weighted by Crippen LogP contribution is -2.11. The van der Waals surface area contributed by atoms with Crippen molar-refractivity contribution in [3.8, 4) is 0 Å². The smallest absolute Gasteiger partial charge is 0.142 e. The van der Waals surface area contributed by atoms with Gasteiger partial charge in [0, 0.05) is 6.42 Å². The van der Waals surface area contributed by atoms with Crippen LogP contribution in [0.3, 0.4) is 0 Å². The lowest BCUT2D eigenvalue weighted by molar-refractivity contribution is -0.116. The van der Waals surface area contributed by atoms with Crippen molar-refractivity contribution in [3.63, 3.8) is 0 Å². The maximum Gasteiger partial charge on any atom is 0.142 e. The Morgan fingerprint density at radius 2 is 2.07 bits per heavy atom. The highest BCUT2D eigenvalue weighted by Gasteiger charge is 2.13. The molecule has 1 rings (SSSR count). The van der Waals surface area contributed by atoms with E-state index in [1.807, 2.05) is 19.1 Å². The summed E-state index contributed by atoms with van der Waals surface area (Å²) in [7, 11) is 0. The summed E-state index contributed by atoms with van der Waals surface area (Å²) >= 11 is 1.66. The van der Waals surface area contributed by atoms with E-state index < -0.39 is 0 Å². The minimum absolute atomic E-state index is 0.111. The van der Waals surface area contributed by atoms with Crippen LogP contribution in [-0.2, 0) is 17.0 Å². The fourth-order valence-electron chi connectivity index (χ4n) is 1.40. The number of hydrogen-bond donors (Lipinski definition) is 0. The summed E-state index contributed by atoms with van der Waals surface area (Å²) in [6.07, 6.45) is 1.82. The van der Waals surface area contributed by atoms with Crippen molar-refractivity contribution in [2.75, 3.05) is 0 Å². The molecule has 0 saturated heterocycles. The van der Waals surface area contributed by atoms with Crippen LogP contribution in [0, 0.1) is 0 Å². The third-order valence-electron chi connectivity index (χ3n) is 2.32. The number of furan rings is 1. The van der Waals surface area contributed by atoms with Gasteiger partial charge in [0.05, 0.1) is 11.0 Å². The molecule has 1 aromatic heterocycles. The molecule has 0 radical (unpaired) electrons. The van der Waals surface area contributed by atoms with Crippen LogP contribution in [0.15, 0.2) is 16.5 Å². The molecule has 1 unspecified atom stereocenters. The van der Waals surface area contributed by atoms with Gasteiger partial charge < -0.3 is 4.42 Å². The Balaban J connectivity index is 2.45. The van der Waals surface area contributed by atoms with Crippen molar-refractivity contribution < 1.29 is 9.21 Å². The number of rotatable bonds is 6. The summed E-state index contributed by atoms with van der Waals surface area (Å²) in [4.78, 5) is 11.2. The van der Waals surface area contributed by atoms with Crippen molar-refractivity contribution in [2.24, 2.45) is 0 Å². The second-order valence-electron chi connectivity index (χ2n) is 3.54. The molecule has 0 bridgehead atoms. The number of aryl methyl sites for hydroxylation is 1. The monoisotopic (exact) mass is 226 g/mol. The first-order chi connectivity index (χ1) is 7.17. The van der Waals surface area contributed by atoms with Crippen molar-refractivity contribution in [3.05, 3.63) is 23.7 Å². The maximum absolute atomic E-state index is 11.2. The average Bonchev–Trinajstić information content (AvgIpc) is 2.66. The van der Waals surface area contributed by atoms with Crippen LogP contribution in [-0.4, -0.2) is 11.0 Å². The molecule has 0 aliphatic rings. The first kappa shape index (κ1) is 12.4. The second kappa shape index (κ2) is 6.01. The molecule has 1 aromatic rings. The first-order valence-electron chi connectivity index (χ1n) is 5.37. The molecule has 0 fully saturated rings. The predicted molar refractivity (Wildman–Crippen MR) is 64.1 cm³/mol. The minimum atomic E-state index is 0.111. The van der Waals surface area contributed by atoms with E-state index in [1.165, 1.54) is 0 Å². The predicted octanol–water partition coefficient (Wildman–Crippen LogP) is 3.44. The van der Waals surface area contributed by atoms with E-state index in [0.717, 1.165) is 30.1 Å². The lowest BCUT2D eigenvalue weighted by atomic mass is 10.2. The molecule has 0 aliphatic carbocycles. The largest absolute Gasteiger partial charge is 0.465 e. The summed E-state index contributed by atoms with van der Waals surface area (Å²) in [6, 6.07) is 4.00. The van der Waals surface area contributed by atoms with Gasteiger partial charge in [0.2, 0.25) is 0 Å². The first-order valence-corrected chi connectivity index (χ1v) is 6.41. The Bertz CT molecular complexity index is 317. The molecule has 0 amide bonds. The van der Waals surface area contributed by atoms with Crippen LogP contribution < -0.4 is 0 Å². The topological polar surface area (TPSA) is 30.2 Å². The zero-order valence-electron chi connectivity index (χ0n) is 9.58. The Kier molecular flexibility index (Phi) is 4.95. The molecule has 2 nitrogen and oxygen atoms in total. The van der Waals surface area contributed by atoms with E-state index in [4.69, 9.17) is 4.42 Å². The zero-order valence-corrected chi connectivity index (χ0v) is 10.4. The molecular weight excluding hydrogens is 208 g/mol. The number of ketones is 1. The zero-order chi connectivity index (χ0) is 11.3. The van der Waals surface area contributed by atoms with Gasteiger partial charge in [-0.25, -0.2) is 0 Å². The summed E-state index contributed by atoms with van der Waals surface area (Å²) in [5.41, 5.74) is 0. The minimum Gasteiger partial charge on any atom is -0.465 e. The summed E-state index contributed by atoms with van der Waals surface area (Å²) in [6.45, 7) is 5.76. The van der Waals surface area contributed by atoms with Gasteiger partial charge >= 0.3 is 0 Å². The number of carbonyl (C=O) groups excluding carboxylic acids is 1. The van der Waals surface area contributed by atoms with Crippen LogP contribution in [0.1, 0.15) is 38.7 Å². The van der Waals surface area contributed by atoms with E-state index in [1.54, 1.807) is 18.7 Å². The molecule has 3 heteroatoms. The van der Waals surface area contributed by atoms with E-state index >= 15 is 0 Å². The van der Waals surface area contributed by atoms with Gasteiger partial charge in [-0.05, 0) is 25.5 Å². The van der Waals surface area contributed by atoms with Gasteiger partial charge in [-0.15, -0.1) is 11.8 Å². The third kappa shape index (κ3) is 3.74. The van der Waals surface area contributed by atoms with Crippen molar-refractivity contribution in [2.45, 2.75) is 44.6 Å². The molecule has 15 heavy (non-hydrogen) atoms. The molecule has 84 valence electrons. The quantitative estimate of drug-likeness (QED) is 0.744. The van der Waals surface area contributed by atoms with E-state index in [-0.39, 0.29) is 11.0 Å². The summed E-state index contributed by atoms with van der Waals surface area (Å²) in [5, 5.41) is 0.111. The molecule has 0 aromatic carbocycles. The van der Waals surface area contributed by atoms with Gasteiger partial charge in [0.1, 0.15) is 17.3 Å². The highest BCUT2D eigenvalue weighted by atomic mass is 32.2. The second-order valence-corrected chi connectivity index (χ2v) is 4.73. The SMILES string of the molecule is CCc1ccc(CSC(CC)C(C)=O)o1. The molecular formula is C12H18O2S. The fraction of sp³-hybridized carbons (Fsp3) is 0.583. The molecule has 1 atom stereocenters. The van der Waals surface area contributed by atoms with Gasteiger partial charge in [0.25, 0.3) is 0 Å². The Morgan fingerprint density at radius 1 is 1.40 bits per heavy atom. The molecule has 1 heterocycles. The molecule has 0 saturated carbocycles. The number of carbonyl (C=O) groups is 1. The number of Topliss-reactive ketones (excluding diaryl/α,β-unsaturated/α-hetero) is 1. The normalized spacial score (nSPS) is 12.7. The Labute approximate surface area is 95.4 Å². The fourth-order valence-corrected chi connectivity index (χ4v) is 2.39. The number of thioether (sulfide) groups is 1. The van der Waals surface area contributed by atoms with Gasteiger partial charge in [0.15, 0.2) is 0 Å². The standard InChI is InChI=1S/C12H18O2S/c1-4-10-6-7-11(14-10)8-15-12(5-2)9(3)13/h6-7,12H,4-5,8H2,1-3H3. The van der Waals surface area contributed by atoms with Crippen LogP contribution in [0.4, 0.5) is 0 Å². The maximum atomic E-state index is 11.2. The Hall–Kier alpha value is -0.700. The van der Waals surface area contributed by atoms with Crippen molar-refractivity contribution >= 4 is 17.5 Å². The third-order valence-corrected chi connectivity index (χ3v) is 3.84. The van der Waals surface area contributed by atoms with Crippen LogP contribution in [0.2, 0.25) is 0 Å². The highest BCUT2D eigenvalue weighted by molar-refractivity contribution is 7.99. The van der Waals surface area contributed by atoms with Gasteiger partial charge in [-0.2, -0.15) is 0 Å². The number of hydrogen-bond acceptors (Lipinski definition) is 3. The average molecular weight is 226 g/mol. The van der Waals surface area contributed by atoms with E-state index in [0.29, 0.717) is 0 Å². The summed E-state index contributed by atoms with van der Waals surface area (Å²) in [5.74, 6) is 3.03. The van der Waals surface area contributed by atoms with Gasteiger partial charge in [-0.1, -0.05) is 13.8 Å². The van der Waals surface area contributed by atoms with E-state index in [2.05, 4.69) is 6.92 Å². The molecule has 0 N–H and O–H groups in total. The van der Waals surface area contributed by atoms with Crippen LogP contribution in [0.5, 0.6) is 0 Å². The highest BCUT2D eigenvalue weighted by Crippen LogP contribution is 2.22.